The van der Waals surface area contributed by atoms with Gasteiger partial charge in [0.15, 0.2) is 5.13 Å². The summed E-state index contributed by atoms with van der Waals surface area (Å²) < 4.78 is 11.6. The highest BCUT2D eigenvalue weighted by atomic mass is 35.5. The van der Waals surface area contributed by atoms with Gasteiger partial charge in [0.05, 0.1) is 17.3 Å². The molecule has 0 spiro atoms. The summed E-state index contributed by atoms with van der Waals surface area (Å²) in [5.74, 6) is 0.293. The molecule has 2 aromatic heterocycles. The molecule has 0 saturated carbocycles. The van der Waals surface area contributed by atoms with E-state index in [0.717, 1.165) is 16.0 Å². The zero-order valence-corrected chi connectivity index (χ0v) is 19.0. The predicted octanol–water partition coefficient (Wildman–Crippen LogP) is 4.04. The summed E-state index contributed by atoms with van der Waals surface area (Å²) in [4.78, 5) is 34.1. The summed E-state index contributed by atoms with van der Waals surface area (Å²) in [6.45, 7) is 0.999. The molecule has 9 heteroatoms. The molecule has 0 aliphatic carbocycles. The Morgan fingerprint density at radius 2 is 1.90 bits per heavy atom. The van der Waals surface area contributed by atoms with Gasteiger partial charge in [0.1, 0.15) is 16.9 Å². The lowest BCUT2D eigenvalue weighted by Gasteiger charge is -2.21. The number of thiazole rings is 1. The number of amides is 1. The number of halogens is 1. The maximum atomic E-state index is 13.4. The van der Waals surface area contributed by atoms with Crippen molar-refractivity contribution in [2.75, 3.05) is 39.2 Å². The highest BCUT2D eigenvalue weighted by Crippen LogP contribution is 2.32. The zero-order valence-electron chi connectivity index (χ0n) is 17.3. The van der Waals surface area contributed by atoms with E-state index in [0.29, 0.717) is 29.2 Å². The van der Waals surface area contributed by atoms with E-state index in [1.165, 1.54) is 16.2 Å². The molecule has 0 bridgehead atoms. The van der Waals surface area contributed by atoms with E-state index >= 15 is 0 Å². The number of carbonyl (C=O) groups excluding carboxylic acids is 1. The Hall–Kier alpha value is -2.94. The van der Waals surface area contributed by atoms with Crippen LogP contribution in [0.1, 0.15) is 10.4 Å². The summed E-state index contributed by atoms with van der Waals surface area (Å²) >= 11 is 1.38. The molecule has 0 atom stereocenters. The van der Waals surface area contributed by atoms with Crippen LogP contribution in [0.25, 0.3) is 21.2 Å². The van der Waals surface area contributed by atoms with Gasteiger partial charge in [0.2, 0.25) is 0 Å². The Balaban J connectivity index is 0.00000272. The zero-order chi connectivity index (χ0) is 21.3. The molecule has 4 rings (SSSR count). The number of hydrogen-bond acceptors (Lipinski definition) is 7. The first-order valence-electron chi connectivity index (χ1n) is 9.40. The van der Waals surface area contributed by atoms with E-state index in [9.17, 15) is 9.59 Å². The Labute approximate surface area is 189 Å². The number of aromatic nitrogens is 1. The average Bonchev–Trinajstić information content (AvgIpc) is 3.15. The van der Waals surface area contributed by atoms with Crippen molar-refractivity contribution in [1.29, 1.82) is 0 Å². The van der Waals surface area contributed by atoms with Crippen LogP contribution < -0.4 is 15.3 Å². The van der Waals surface area contributed by atoms with Crippen LogP contribution in [0.4, 0.5) is 5.13 Å². The monoisotopic (exact) mass is 459 g/mol. The Kier molecular flexibility index (Phi) is 6.94. The van der Waals surface area contributed by atoms with Crippen molar-refractivity contribution in [3.05, 3.63) is 64.5 Å². The first-order valence-corrected chi connectivity index (χ1v) is 10.2. The molecule has 0 radical (unpaired) electrons. The molecule has 0 aliphatic rings. The topological polar surface area (TPSA) is 75.9 Å². The molecular formula is C22H22ClN3O4S. The van der Waals surface area contributed by atoms with Gasteiger partial charge < -0.3 is 14.1 Å². The Morgan fingerprint density at radius 1 is 1.13 bits per heavy atom. The minimum absolute atomic E-state index is 0. The van der Waals surface area contributed by atoms with Gasteiger partial charge in [-0.25, -0.2) is 9.78 Å². The van der Waals surface area contributed by atoms with Crippen LogP contribution in [-0.2, 0) is 0 Å². The molecule has 0 fully saturated rings. The Bertz CT molecular complexity index is 1280. The highest BCUT2D eigenvalue weighted by molar-refractivity contribution is 7.22. The smallest absolute Gasteiger partial charge is 0.349 e. The predicted molar refractivity (Wildman–Crippen MR) is 126 cm³/mol. The van der Waals surface area contributed by atoms with Crippen LogP contribution in [0, 0.1) is 0 Å². The number of anilines is 1. The van der Waals surface area contributed by atoms with Crippen molar-refractivity contribution < 1.29 is 13.9 Å². The third kappa shape index (κ3) is 4.71. The lowest BCUT2D eigenvalue weighted by Crippen LogP contribution is -2.38. The van der Waals surface area contributed by atoms with Gasteiger partial charge in [-0.05, 0) is 44.4 Å². The SMILES string of the molecule is COc1ccc2nc(N(CCN(C)C)C(=O)c3cc4ccccc4oc3=O)sc2c1.Cl. The minimum atomic E-state index is -0.656. The summed E-state index contributed by atoms with van der Waals surface area (Å²) in [5, 5.41) is 1.22. The summed E-state index contributed by atoms with van der Waals surface area (Å²) in [6, 6.07) is 14.3. The van der Waals surface area contributed by atoms with Crippen LogP contribution in [0.5, 0.6) is 5.75 Å². The minimum Gasteiger partial charge on any atom is -0.497 e. The first-order chi connectivity index (χ1) is 14.5. The van der Waals surface area contributed by atoms with Crippen molar-refractivity contribution in [2.24, 2.45) is 0 Å². The normalized spacial score (nSPS) is 11.0. The number of rotatable bonds is 6. The third-order valence-corrected chi connectivity index (χ3v) is 5.74. The van der Waals surface area contributed by atoms with Crippen molar-refractivity contribution in [1.82, 2.24) is 9.88 Å². The van der Waals surface area contributed by atoms with Crippen molar-refractivity contribution in [3.8, 4) is 5.75 Å². The van der Waals surface area contributed by atoms with Crippen LogP contribution in [0.2, 0.25) is 0 Å². The van der Waals surface area contributed by atoms with E-state index in [4.69, 9.17) is 9.15 Å². The van der Waals surface area contributed by atoms with Crippen LogP contribution in [-0.4, -0.2) is 50.1 Å². The molecule has 2 aromatic carbocycles. The molecule has 0 N–H and O–H groups in total. The summed E-state index contributed by atoms with van der Waals surface area (Å²) in [6.07, 6.45) is 0. The van der Waals surface area contributed by atoms with Gasteiger partial charge in [-0.2, -0.15) is 0 Å². The fourth-order valence-electron chi connectivity index (χ4n) is 3.08. The van der Waals surface area contributed by atoms with Gasteiger partial charge in [-0.3, -0.25) is 9.69 Å². The van der Waals surface area contributed by atoms with Gasteiger partial charge in [0.25, 0.3) is 5.91 Å². The lowest BCUT2D eigenvalue weighted by molar-refractivity contribution is 0.0982. The third-order valence-electron chi connectivity index (χ3n) is 4.70. The van der Waals surface area contributed by atoms with Crippen molar-refractivity contribution in [2.45, 2.75) is 0 Å². The maximum absolute atomic E-state index is 13.4. The van der Waals surface area contributed by atoms with Crippen molar-refractivity contribution in [3.63, 3.8) is 0 Å². The molecule has 31 heavy (non-hydrogen) atoms. The fourth-order valence-corrected chi connectivity index (χ4v) is 4.09. The molecule has 0 unspecified atom stereocenters. The lowest BCUT2D eigenvalue weighted by atomic mass is 10.1. The van der Waals surface area contributed by atoms with Gasteiger partial charge in [0, 0.05) is 18.5 Å². The second-order valence-corrected chi connectivity index (χ2v) is 8.08. The second kappa shape index (κ2) is 9.47. The standard InChI is InChI=1S/C22H21N3O4S.ClH/c1-24(2)10-11-25(22-23-17-9-8-15(28-3)13-19(17)30-22)20(26)16-12-14-6-4-5-7-18(14)29-21(16)27;/h4-9,12-13H,10-11H2,1-3H3;1H. The van der Waals surface area contributed by atoms with E-state index in [-0.39, 0.29) is 18.0 Å². The average molecular weight is 460 g/mol. The molecule has 0 aliphatic heterocycles. The molecular weight excluding hydrogens is 438 g/mol. The van der Waals surface area contributed by atoms with Crippen LogP contribution in [0.15, 0.2) is 57.7 Å². The molecule has 2 heterocycles. The number of methoxy groups -OCH3 is 1. The van der Waals surface area contributed by atoms with Gasteiger partial charge >= 0.3 is 5.63 Å². The number of para-hydroxylation sites is 1. The highest BCUT2D eigenvalue weighted by Gasteiger charge is 2.25. The Morgan fingerprint density at radius 3 is 2.65 bits per heavy atom. The molecule has 162 valence electrons. The number of fused-ring (bicyclic) bond motifs is 2. The van der Waals surface area contributed by atoms with E-state index < -0.39 is 11.5 Å². The largest absolute Gasteiger partial charge is 0.497 e. The van der Waals surface area contributed by atoms with E-state index in [2.05, 4.69) is 4.98 Å². The molecule has 7 nitrogen and oxygen atoms in total. The van der Waals surface area contributed by atoms with Crippen molar-refractivity contribution >= 4 is 56.0 Å². The number of carbonyl (C=O) groups is 1. The van der Waals surface area contributed by atoms with E-state index in [1.807, 2.05) is 49.3 Å². The quantitative estimate of drug-likeness (QED) is 0.405. The summed E-state index contributed by atoms with van der Waals surface area (Å²) in [7, 11) is 5.46. The molecule has 0 saturated heterocycles. The number of benzene rings is 2. The molecule has 4 aromatic rings. The number of nitrogens with zero attached hydrogens (tertiary/aromatic N) is 3. The number of ether oxygens (including phenoxy) is 1. The first kappa shape index (κ1) is 22.7. The van der Waals surface area contributed by atoms with Gasteiger partial charge in [-0.15, -0.1) is 12.4 Å². The van der Waals surface area contributed by atoms with E-state index in [1.54, 1.807) is 25.3 Å². The molecule has 1 amide bonds. The second-order valence-electron chi connectivity index (χ2n) is 7.08. The van der Waals surface area contributed by atoms with Gasteiger partial charge in [-0.1, -0.05) is 29.5 Å². The van der Waals surface area contributed by atoms with Crippen LogP contribution >= 0.6 is 23.7 Å². The number of hydrogen-bond donors (Lipinski definition) is 0. The fraction of sp³-hybridized carbons (Fsp3) is 0.227. The summed E-state index contributed by atoms with van der Waals surface area (Å²) in [5.41, 5.74) is 0.551. The van der Waals surface area contributed by atoms with Crippen LogP contribution in [0.3, 0.4) is 0 Å². The number of likely N-dealkylation sites (N-methyl/N-ethyl adjacent to an activating group) is 1. The maximum Gasteiger partial charge on any atom is 0.349 e.